The van der Waals surface area contributed by atoms with Crippen LogP contribution in [0.3, 0.4) is 0 Å². The highest BCUT2D eigenvalue weighted by molar-refractivity contribution is 7.12. The zero-order chi connectivity index (χ0) is 13.8. The number of aliphatic hydroxyl groups is 1. The summed E-state index contributed by atoms with van der Waals surface area (Å²) in [5, 5.41) is 11.8. The lowest BCUT2D eigenvalue weighted by Gasteiger charge is -2.24. The van der Waals surface area contributed by atoms with Crippen LogP contribution in [0.1, 0.15) is 46.8 Å². The molecule has 0 bridgehead atoms. The van der Waals surface area contributed by atoms with Gasteiger partial charge in [0.05, 0.1) is 5.56 Å². The van der Waals surface area contributed by atoms with Gasteiger partial charge in [-0.2, -0.15) is 0 Å². The zero-order valence-electron chi connectivity index (χ0n) is 11.7. The Kier molecular flexibility index (Phi) is 5.35. The Hall–Kier alpha value is -0.870. The number of aryl methyl sites for hydroxylation is 2. The molecule has 18 heavy (non-hydrogen) atoms. The predicted octanol–water partition coefficient (Wildman–Crippen LogP) is 2.89. The Balaban J connectivity index is 2.53. The average Bonchev–Trinajstić information content (AvgIpc) is 2.63. The van der Waals surface area contributed by atoms with Crippen LogP contribution in [0.25, 0.3) is 0 Å². The number of thiophene rings is 1. The van der Waals surface area contributed by atoms with Gasteiger partial charge in [-0.15, -0.1) is 11.3 Å². The molecular weight excluding hydrogens is 246 g/mol. The maximum Gasteiger partial charge on any atom is 0.252 e. The van der Waals surface area contributed by atoms with E-state index in [9.17, 15) is 4.79 Å². The van der Waals surface area contributed by atoms with Crippen molar-refractivity contribution in [3.05, 3.63) is 21.4 Å². The Morgan fingerprint density at radius 2 is 2.11 bits per heavy atom. The van der Waals surface area contributed by atoms with Gasteiger partial charge < -0.3 is 10.4 Å². The molecule has 0 unspecified atom stereocenters. The van der Waals surface area contributed by atoms with Gasteiger partial charge in [0.15, 0.2) is 0 Å². The quantitative estimate of drug-likeness (QED) is 0.834. The molecule has 1 heterocycles. The number of nitrogens with one attached hydrogen (secondary N) is 1. The van der Waals surface area contributed by atoms with Gasteiger partial charge in [0.25, 0.3) is 5.91 Å². The van der Waals surface area contributed by atoms with Gasteiger partial charge >= 0.3 is 0 Å². The van der Waals surface area contributed by atoms with Crippen molar-refractivity contribution in [2.45, 2.75) is 40.5 Å². The molecule has 0 aliphatic carbocycles. The van der Waals surface area contributed by atoms with Crippen LogP contribution >= 0.6 is 11.3 Å². The molecule has 0 aliphatic rings. The van der Waals surface area contributed by atoms with Crippen LogP contribution in [0, 0.1) is 19.3 Å². The molecule has 0 aliphatic heterocycles. The first-order valence-corrected chi connectivity index (χ1v) is 7.13. The first-order valence-electron chi connectivity index (χ1n) is 6.32. The van der Waals surface area contributed by atoms with E-state index < -0.39 is 0 Å². The largest absolute Gasteiger partial charge is 0.396 e. The van der Waals surface area contributed by atoms with E-state index in [-0.39, 0.29) is 17.9 Å². The number of carbonyl (C=O) groups is 1. The molecule has 1 rings (SSSR count). The van der Waals surface area contributed by atoms with Gasteiger partial charge in [0.1, 0.15) is 0 Å². The third kappa shape index (κ3) is 4.42. The fourth-order valence-corrected chi connectivity index (χ4v) is 2.84. The summed E-state index contributed by atoms with van der Waals surface area (Å²) in [6, 6.07) is 1.94. The predicted molar refractivity (Wildman–Crippen MR) is 76.2 cm³/mol. The SMILES string of the molecule is Cc1cc(C(=O)NCC(C)(C)CCCO)c(C)s1. The first-order chi connectivity index (χ1) is 8.35. The van der Waals surface area contributed by atoms with Crippen LogP contribution in [-0.4, -0.2) is 24.2 Å². The van der Waals surface area contributed by atoms with Gasteiger partial charge in [-0.3, -0.25) is 4.79 Å². The number of amides is 1. The molecule has 0 spiro atoms. The minimum atomic E-state index is 0.00826. The summed E-state index contributed by atoms with van der Waals surface area (Å²) in [6.07, 6.45) is 1.69. The van der Waals surface area contributed by atoms with E-state index in [2.05, 4.69) is 19.2 Å². The van der Waals surface area contributed by atoms with Crippen molar-refractivity contribution in [2.75, 3.05) is 13.2 Å². The summed E-state index contributed by atoms with van der Waals surface area (Å²) < 4.78 is 0. The van der Waals surface area contributed by atoms with Crippen LogP contribution < -0.4 is 5.32 Å². The van der Waals surface area contributed by atoms with Crippen LogP contribution in [0.15, 0.2) is 6.07 Å². The summed E-state index contributed by atoms with van der Waals surface area (Å²) in [7, 11) is 0. The first kappa shape index (κ1) is 15.2. The number of aliphatic hydroxyl groups excluding tert-OH is 1. The molecule has 0 saturated carbocycles. The smallest absolute Gasteiger partial charge is 0.252 e. The monoisotopic (exact) mass is 269 g/mol. The maximum absolute atomic E-state index is 12.0. The molecule has 2 N–H and O–H groups in total. The van der Waals surface area contributed by atoms with E-state index in [1.807, 2.05) is 19.9 Å². The van der Waals surface area contributed by atoms with Crippen LogP contribution in [0.5, 0.6) is 0 Å². The molecule has 3 nitrogen and oxygen atoms in total. The summed E-state index contributed by atoms with van der Waals surface area (Å²) in [5.74, 6) is 0.00826. The molecule has 1 amide bonds. The van der Waals surface area contributed by atoms with Gasteiger partial charge in [0, 0.05) is 22.9 Å². The lowest BCUT2D eigenvalue weighted by Crippen LogP contribution is -2.34. The second kappa shape index (κ2) is 6.34. The molecule has 0 radical (unpaired) electrons. The Morgan fingerprint density at radius 3 is 2.61 bits per heavy atom. The molecule has 0 aromatic carbocycles. The van der Waals surface area contributed by atoms with E-state index in [1.54, 1.807) is 11.3 Å². The lowest BCUT2D eigenvalue weighted by atomic mass is 9.88. The highest BCUT2D eigenvalue weighted by Gasteiger charge is 2.19. The normalized spacial score (nSPS) is 11.6. The molecular formula is C14H23NO2S. The van der Waals surface area contributed by atoms with Crippen molar-refractivity contribution >= 4 is 17.2 Å². The van der Waals surface area contributed by atoms with E-state index in [0.717, 1.165) is 28.2 Å². The van der Waals surface area contributed by atoms with Crippen LogP contribution in [0.2, 0.25) is 0 Å². The van der Waals surface area contributed by atoms with E-state index in [1.165, 1.54) is 0 Å². The molecule has 0 fully saturated rings. The van der Waals surface area contributed by atoms with Crippen molar-refractivity contribution in [1.29, 1.82) is 0 Å². The minimum absolute atomic E-state index is 0.00826. The Bertz CT molecular complexity index is 410. The van der Waals surface area contributed by atoms with Gasteiger partial charge in [-0.05, 0) is 38.2 Å². The minimum Gasteiger partial charge on any atom is -0.396 e. The third-order valence-electron chi connectivity index (χ3n) is 3.02. The highest BCUT2D eigenvalue weighted by Crippen LogP contribution is 2.23. The fourth-order valence-electron chi connectivity index (χ4n) is 1.92. The zero-order valence-corrected chi connectivity index (χ0v) is 12.5. The third-order valence-corrected chi connectivity index (χ3v) is 3.99. The summed E-state index contributed by atoms with van der Waals surface area (Å²) in [5.41, 5.74) is 0.813. The summed E-state index contributed by atoms with van der Waals surface area (Å²) >= 11 is 1.65. The van der Waals surface area contributed by atoms with Crippen molar-refractivity contribution in [2.24, 2.45) is 5.41 Å². The van der Waals surface area contributed by atoms with Gasteiger partial charge in [-0.1, -0.05) is 13.8 Å². The van der Waals surface area contributed by atoms with Crippen molar-refractivity contribution < 1.29 is 9.90 Å². The molecule has 0 atom stereocenters. The van der Waals surface area contributed by atoms with Crippen LogP contribution in [-0.2, 0) is 0 Å². The van der Waals surface area contributed by atoms with Crippen molar-refractivity contribution in [3.8, 4) is 0 Å². The van der Waals surface area contributed by atoms with Gasteiger partial charge in [-0.25, -0.2) is 0 Å². The lowest BCUT2D eigenvalue weighted by molar-refractivity contribution is 0.0933. The molecule has 1 aromatic heterocycles. The highest BCUT2D eigenvalue weighted by atomic mass is 32.1. The number of hydrogen-bond acceptors (Lipinski definition) is 3. The average molecular weight is 269 g/mol. The second-order valence-electron chi connectivity index (χ2n) is 5.50. The standard InChI is InChI=1S/C14H23NO2S/c1-10-8-12(11(2)18-10)13(17)15-9-14(3,4)6-5-7-16/h8,16H,5-7,9H2,1-4H3,(H,15,17). The van der Waals surface area contributed by atoms with E-state index >= 15 is 0 Å². The van der Waals surface area contributed by atoms with E-state index in [0.29, 0.717) is 6.54 Å². The van der Waals surface area contributed by atoms with Crippen molar-refractivity contribution in [1.82, 2.24) is 5.32 Å². The number of carbonyl (C=O) groups excluding carboxylic acids is 1. The maximum atomic E-state index is 12.0. The summed E-state index contributed by atoms with van der Waals surface area (Å²) in [4.78, 5) is 14.3. The van der Waals surface area contributed by atoms with Crippen LogP contribution in [0.4, 0.5) is 0 Å². The molecule has 4 heteroatoms. The second-order valence-corrected chi connectivity index (χ2v) is 6.96. The van der Waals surface area contributed by atoms with Crippen molar-refractivity contribution in [3.63, 3.8) is 0 Å². The number of hydrogen-bond donors (Lipinski definition) is 2. The van der Waals surface area contributed by atoms with Gasteiger partial charge in [0.2, 0.25) is 0 Å². The number of rotatable bonds is 6. The Labute approximate surface area is 113 Å². The molecule has 1 aromatic rings. The summed E-state index contributed by atoms with van der Waals surface area (Å²) in [6.45, 7) is 9.05. The Morgan fingerprint density at radius 1 is 1.44 bits per heavy atom. The van der Waals surface area contributed by atoms with E-state index in [4.69, 9.17) is 5.11 Å². The molecule has 0 saturated heterocycles. The fraction of sp³-hybridized carbons (Fsp3) is 0.643. The topological polar surface area (TPSA) is 49.3 Å². The molecule has 102 valence electrons.